The van der Waals surface area contributed by atoms with E-state index in [0.717, 1.165) is 18.6 Å². The predicted octanol–water partition coefficient (Wildman–Crippen LogP) is -1.14. The van der Waals surface area contributed by atoms with Crippen molar-refractivity contribution in [1.29, 1.82) is 0 Å². The Morgan fingerprint density at radius 1 is 0.568 bits per heavy atom. The van der Waals surface area contributed by atoms with Gasteiger partial charge in [0.15, 0.2) is 5.60 Å². The summed E-state index contributed by atoms with van der Waals surface area (Å²) in [7, 11) is 3.53. The molecule has 0 spiro atoms. The average molecular weight is 609 g/mol. The number of methoxy groups -OCH3 is 3. The van der Waals surface area contributed by atoms with Gasteiger partial charge in [-0.25, -0.2) is 0 Å². The highest BCUT2D eigenvalue weighted by Gasteiger charge is 2.39. The van der Waals surface area contributed by atoms with Gasteiger partial charge < -0.3 is 35.3 Å². The zero-order valence-corrected chi connectivity index (χ0v) is 23.8. The number of esters is 3. The lowest BCUT2D eigenvalue weighted by molar-refractivity contribution is -0.140. The second-order valence-electron chi connectivity index (χ2n) is 8.78. The molecular weight excluding hydrogens is 580 g/mol. The molecule has 44 heavy (non-hydrogen) atoms. The quantitative estimate of drug-likeness (QED) is 0.141. The van der Waals surface area contributed by atoms with Crippen LogP contribution in [0, 0.1) is 0 Å². The van der Waals surface area contributed by atoms with Gasteiger partial charge in [-0.1, -0.05) is 0 Å². The van der Waals surface area contributed by atoms with Crippen molar-refractivity contribution < 1.29 is 48.1 Å². The van der Waals surface area contributed by atoms with Gasteiger partial charge in [0, 0.05) is 18.6 Å². The number of hydrogen-bond acceptors (Lipinski definition) is 13. The Morgan fingerprint density at radius 3 is 1.05 bits per heavy atom. The lowest BCUT2D eigenvalue weighted by Crippen LogP contribution is -2.34. The van der Waals surface area contributed by atoms with Gasteiger partial charge in [-0.3, -0.25) is 43.7 Å². The lowest BCUT2D eigenvalue weighted by atomic mass is 9.89. The van der Waals surface area contributed by atoms with Crippen LogP contribution >= 0.6 is 0 Å². The first-order valence-electron chi connectivity index (χ1n) is 12.7. The van der Waals surface area contributed by atoms with Gasteiger partial charge in [0.1, 0.15) is 19.6 Å². The molecule has 3 heterocycles. The molecule has 0 aromatic carbocycles. The number of ether oxygens (including phenoxy) is 3. The van der Waals surface area contributed by atoms with Crippen molar-refractivity contribution in [3.63, 3.8) is 0 Å². The van der Waals surface area contributed by atoms with Crippen LogP contribution in [-0.4, -0.2) is 96.7 Å². The Hall–Kier alpha value is -5.77. The summed E-state index contributed by atoms with van der Waals surface area (Å²) in [6.45, 7) is -1.10. The smallest absolute Gasteiger partial charge is 0.325 e. The Morgan fingerprint density at radius 2 is 0.841 bits per heavy atom. The fraction of sp³-hybridized carbons (Fsp3) is 0.250. The highest BCUT2D eigenvalue weighted by Crippen LogP contribution is 2.33. The number of amides is 3. The first-order valence-corrected chi connectivity index (χ1v) is 12.7. The first-order chi connectivity index (χ1) is 21.0. The summed E-state index contributed by atoms with van der Waals surface area (Å²) in [4.78, 5) is 84.0. The van der Waals surface area contributed by atoms with Gasteiger partial charge in [-0.15, -0.1) is 0 Å². The molecule has 3 aromatic rings. The average Bonchev–Trinajstić information content (AvgIpc) is 3.07. The van der Waals surface area contributed by atoms with Gasteiger partial charge in [-0.05, 0) is 36.4 Å². The molecule has 0 aliphatic heterocycles. The molecule has 0 aliphatic rings. The number of aromatic nitrogens is 3. The largest absolute Gasteiger partial charge is 0.468 e. The van der Waals surface area contributed by atoms with Crippen LogP contribution in [0.1, 0.15) is 48.2 Å². The standard InChI is InChI=1S/C28H28N6O10/c1-42-22(35)13-32-25(38)16-4-7-19(29-10-16)28(41,20-8-5-17(11-30-20)26(39)33-14-23(36)43-2)21-9-6-18(12-31-21)27(40)34-15-24(37)44-3/h4-12,41H,13-15H2,1-3H3,(H,32,38)(H,33,39)(H,34,40). The van der Waals surface area contributed by atoms with Gasteiger partial charge in [0.2, 0.25) is 0 Å². The van der Waals surface area contributed by atoms with Crippen molar-refractivity contribution in [2.24, 2.45) is 0 Å². The molecule has 0 unspecified atom stereocenters. The van der Waals surface area contributed by atoms with Crippen LogP contribution < -0.4 is 16.0 Å². The molecule has 3 amide bonds. The molecule has 0 fully saturated rings. The summed E-state index contributed by atoms with van der Waals surface area (Å²) in [6, 6.07) is 8.06. The van der Waals surface area contributed by atoms with Crippen molar-refractivity contribution in [3.05, 3.63) is 88.8 Å². The van der Waals surface area contributed by atoms with Crippen molar-refractivity contribution in [1.82, 2.24) is 30.9 Å². The maximum atomic E-state index is 12.4. The molecule has 0 saturated heterocycles. The van der Waals surface area contributed by atoms with E-state index >= 15 is 0 Å². The highest BCUT2D eigenvalue weighted by molar-refractivity contribution is 5.97. The third-order valence-corrected chi connectivity index (χ3v) is 6.05. The molecule has 4 N–H and O–H groups in total. The number of pyridine rings is 3. The number of aliphatic hydroxyl groups is 1. The summed E-state index contributed by atoms with van der Waals surface area (Å²) in [5.41, 5.74) is -2.07. The van der Waals surface area contributed by atoms with Crippen LogP contribution in [0.4, 0.5) is 0 Å². The second kappa shape index (κ2) is 14.9. The zero-order valence-electron chi connectivity index (χ0n) is 23.8. The minimum absolute atomic E-state index is 0.0344. The number of hydrogen-bond donors (Lipinski definition) is 4. The van der Waals surface area contributed by atoms with E-state index < -0.39 is 41.2 Å². The summed E-state index contributed by atoms with van der Waals surface area (Å²) < 4.78 is 13.5. The molecule has 230 valence electrons. The minimum atomic E-state index is -2.16. The first kappa shape index (κ1) is 32.7. The number of carbonyl (C=O) groups is 6. The van der Waals surface area contributed by atoms with Crippen LogP contribution in [0.25, 0.3) is 0 Å². The molecule has 16 heteroatoms. The molecule has 0 saturated carbocycles. The molecule has 3 aromatic heterocycles. The predicted molar refractivity (Wildman–Crippen MR) is 148 cm³/mol. The maximum absolute atomic E-state index is 12.4. The van der Waals surface area contributed by atoms with E-state index in [-0.39, 0.29) is 53.4 Å². The van der Waals surface area contributed by atoms with Gasteiger partial charge >= 0.3 is 17.9 Å². The Kier molecular flexibility index (Phi) is 11.1. The van der Waals surface area contributed by atoms with E-state index in [1.54, 1.807) is 0 Å². The summed E-state index contributed by atoms with van der Waals surface area (Å²) in [5, 5.41) is 19.2. The number of rotatable bonds is 12. The van der Waals surface area contributed by atoms with Crippen molar-refractivity contribution >= 4 is 35.6 Å². The van der Waals surface area contributed by atoms with Crippen molar-refractivity contribution in [2.45, 2.75) is 5.60 Å². The molecule has 3 rings (SSSR count). The van der Waals surface area contributed by atoms with Crippen LogP contribution in [0.15, 0.2) is 55.0 Å². The van der Waals surface area contributed by atoms with Crippen LogP contribution in [0.5, 0.6) is 0 Å². The topological polar surface area (TPSA) is 225 Å². The third-order valence-electron chi connectivity index (χ3n) is 6.05. The van der Waals surface area contributed by atoms with E-state index in [9.17, 15) is 33.9 Å². The second-order valence-corrected chi connectivity index (χ2v) is 8.78. The highest BCUT2D eigenvalue weighted by atomic mass is 16.5. The van der Waals surface area contributed by atoms with E-state index in [4.69, 9.17) is 0 Å². The number of nitrogens with zero attached hydrogens (tertiary/aromatic N) is 3. The van der Waals surface area contributed by atoms with Crippen LogP contribution in [-0.2, 0) is 34.2 Å². The SMILES string of the molecule is COC(=O)CNC(=O)c1ccc(C(O)(c2ccc(C(=O)NCC(=O)OC)cn2)c2ccc(C(=O)NCC(=O)OC)cn2)nc1. The lowest BCUT2D eigenvalue weighted by Gasteiger charge is -2.27. The Balaban J connectivity index is 1.96. The van der Waals surface area contributed by atoms with Crippen molar-refractivity contribution in [3.8, 4) is 0 Å². The van der Waals surface area contributed by atoms with Crippen LogP contribution in [0.3, 0.4) is 0 Å². The fourth-order valence-corrected chi connectivity index (χ4v) is 3.60. The summed E-state index contributed by atoms with van der Waals surface area (Å²) in [5.74, 6) is -3.84. The van der Waals surface area contributed by atoms with Gasteiger partial charge in [-0.2, -0.15) is 0 Å². The van der Waals surface area contributed by atoms with E-state index in [0.29, 0.717) is 0 Å². The molecule has 0 atom stereocenters. The molecule has 16 nitrogen and oxygen atoms in total. The fourth-order valence-electron chi connectivity index (χ4n) is 3.60. The van der Waals surface area contributed by atoms with Crippen LogP contribution in [0.2, 0.25) is 0 Å². The molecule has 0 aliphatic carbocycles. The summed E-state index contributed by atoms with van der Waals surface area (Å²) in [6.07, 6.45) is 3.49. The molecular formula is C28H28N6O10. The van der Waals surface area contributed by atoms with Gasteiger partial charge in [0.05, 0.1) is 55.1 Å². The van der Waals surface area contributed by atoms with Crippen molar-refractivity contribution in [2.75, 3.05) is 41.0 Å². The molecule has 0 bridgehead atoms. The summed E-state index contributed by atoms with van der Waals surface area (Å²) >= 11 is 0. The van der Waals surface area contributed by atoms with E-state index in [1.807, 2.05) is 0 Å². The Bertz CT molecular complexity index is 1340. The van der Waals surface area contributed by atoms with E-state index in [2.05, 4.69) is 45.1 Å². The third kappa shape index (κ3) is 7.95. The Labute approximate surface area is 250 Å². The minimum Gasteiger partial charge on any atom is -0.468 e. The number of carbonyl (C=O) groups excluding carboxylic acids is 6. The maximum Gasteiger partial charge on any atom is 0.325 e. The van der Waals surface area contributed by atoms with Gasteiger partial charge in [0.25, 0.3) is 17.7 Å². The normalized spacial score (nSPS) is 10.6. The molecule has 0 radical (unpaired) electrons. The zero-order chi connectivity index (χ0) is 32.3. The number of nitrogens with one attached hydrogen (secondary N) is 3. The monoisotopic (exact) mass is 608 g/mol. The van der Waals surface area contributed by atoms with E-state index in [1.165, 1.54) is 57.7 Å².